The minimum Gasteiger partial charge on any atom is -0.377 e. The second-order valence-electron chi connectivity index (χ2n) is 7.87. The van der Waals surface area contributed by atoms with E-state index >= 15 is 0 Å². The molecule has 1 saturated carbocycles. The normalized spacial score (nSPS) is 24.2. The molecular weight excluding hydrogens is 370 g/mol. The minimum atomic E-state index is -0.430. The average molecular weight is 395 g/mol. The molecule has 152 valence electrons. The summed E-state index contributed by atoms with van der Waals surface area (Å²) >= 11 is 0. The molecule has 0 radical (unpaired) electrons. The standard InChI is InChI=1S/C22H25N3O4/c1-14-13-29-21(16-6-4-3-5-7-16)15(2)24(14)22(26)17-8-11-19(23-18-9-10-18)20(12-17)25(27)28/h3-8,11-12,14-15,18,21,23H,9-10,13H2,1-2H3/t14-,15-,21+/m1/s1. The zero-order valence-corrected chi connectivity index (χ0v) is 16.6. The molecule has 2 aromatic carbocycles. The van der Waals surface area contributed by atoms with Crippen LogP contribution in [-0.4, -0.2) is 40.5 Å². The summed E-state index contributed by atoms with van der Waals surface area (Å²) in [5, 5.41) is 14.7. The van der Waals surface area contributed by atoms with Gasteiger partial charge in [0.1, 0.15) is 11.8 Å². The van der Waals surface area contributed by atoms with Crippen LogP contribution in [0.3, 0.4) is 0 Å². The number of nitro groups is 1. The van der Waals surface area contributed by atoms with Gasteiger partial charge >= 0.3 is 0 Å². The molecule has 1 aliphatic carbocycles. The van der Waals surface area contributed by atoms with E-state index in [1.165, 1.54) is 6.07 Å². The summed E-state index contributed by atoms with van der Waals surface area (Å²) < 4.78 is 6.02. The summed E-state index contributed by atoms with van der Waals surface area (Å²) in [6.07, 6.45) is 1.80. The van der Waals surface area contributed by atoms with Crippen molar-refractivity contribution < 1.29 is 14.5 Å². The van der Waals surface area contributed by atoms with Gasteiger partial charge in [0.25, 0.3) is 11.6 Å². The number of benzene rings is 2. The SMILES string of the molecule is C[C@@H]1CO[C@H](c2ccccc2)[C@@H](C)N1C(=O)c1ccc(NC2CC2)c([N+](=O)[O-])c1. The van der Waals surface area contributed by atoms with Crippen LogP contribution in [0.1, 0.15) is 48.7 Å². The summed E-state index contributed by atoms with van der Waals surface area (Å²) in [6, 6.07) is 14.5. The number of carbonyl (C=O) groups is 1. The van der Waals surface area contributed by atoms with Gasteiger partial charge in [0.2, 0.25) is 0 Å². The largest absolute Gasteiger partial charge is 0.377 e. The van der Waals surface area contributed by atoms with Crippen molar-refractivity contribution in [3.05, 3.63) is 69.8 Å². The van der Waals surface area contributed by atoms with Gasteiger partial charge in [0.15, 0.2) is 0 Å². The van der Waals surface area contributed by atoms with Gasteiger partial charge in [-0.1, -0.05) is 30.3 Å². The van der Waals surface area contributed by atoms with E-state index in [-0.39, 0.29) is 29.8 Å². The second-order valence-corrected chi connectivity index (χ2v) is 7.87. The van der Waals surface area contributed by atoms with Crippen molar-refractivity contribution in [2.24, 2.45) is 0 Å². The molecule has 3 atom stereocenters. The van der Waals surface area contributed by atoms with Gasteiger partial charge in [0.05, 0.1) is 23.6 Å². The van der Waals surface area contributed by atoms with Crippen molar-refractivity contribution >= 4 is 17.3 Å². The monoisotopic (exact) mass is 395 g/mol. The smallest absolute Gasteiger partial charge is 0.293 e. The van der Waals surface area contributed by atoms with Crippen LogP contribution in [-0.2, 0) is 4.74 Å². The Morgan fingerprint density at radius 3 is 2.55 bits per heavy atom. The highest BCUT2D eigenvalue weighted by Crippen LogP contribution is 2.34. The van der Waals surface area contributed by atoms with Crippen LogP contribution in [0.4, 0.5) is 11.4 Å². The molecule has 4 rings (SSSR count). The number of anilines is 1. The number of nitrogens with one attached hydrogen (secondary N) is 1. The molecule has 0 aromatic heterocycles. The fourth-order valence-corrected chi connectivity index (χ4v) is 3.95. The molecule has 1 saturated heterocycles. The second kappa shape index (κ2) is 7.83. The van der Waals surface area contributed by atoms with Crippen LogP contribution in [0.25, 0.3) is 0 Å². The summed E-state index contributed by atoms with van der Waals surface area (Å²) in [4.78, 5) is 26.3. The number of rotatable bonds is 5. The number of hydrogen-bond donors (Lipinski definition) is 1. The van der Waals surface area contributed by atoms with Crippen molar-refractivity contribution in [1.29, 1.82) is 0 Å². The van der Waals surface area contributed by atoms with Crippen molar-refractivity contribution in [2.45, 2.75) is 50.9 Å². The minimum absolute atomic E-state index is 0.0593. The first kappa shape index (κ1) is 19.4. The zero-order valence-electron chi connectivity index (χ0n) is 16.6. The average Bonchev–Trinajstić information content (AvgIpc) is 3.53. The molecule has 0 spiro atoms. The van der Waals surface area contributed by atoms with Gasteiger partial charge in [0, 0.05) is 17.7 Å². The Balaban J connectivity index is 1.61. The first-order valence-electron chi connectivity index (χ1n) is 10.00. The van der Waals surface area contributed by atoms with Crippen molar-refractivity contribution in [2.75, 3.05) is 11.9 Å². The molecule has 0 unspecified atom stereocenters. The molecule has 7 nitrogen and oxygen atoms in total. The van der Waals surface area contributed by atoms with Crippen molar-refractivity contribution in [3.8, 4) is 0 Å². The molecular formula is C22H25N3O4. The lowest BCUT2D eigenvalue weighted by Gasteiger charge is -2.43. The lowest BCUT2D eigenvalue weighted by molar-refractivity contribution is -0.384. The van der Waals surface area contributed by atoms with E-state index in [1.54, 1.807) is 17.0 Å². The van der Waals surface area contributed by atoms with Gasteiger partial charge < -0.3 is 15.0 Å². The van der Waals surface area contributed by atoms with Gasteiger partial charge in [-0.25, -0.2) is 0 Å². The van der Waals surface area contributed by atoms with Crippen LogP contribution in [0.5, 0.6) is 0 Å². The Kier molecular flexibility index (Phi) is 5.24. The Morgan fingerprint density at radius 1 is 1.17 bits per heavy atom. The van der Waals surface area contributed by atoms with Crippen LogP contribution < -0.4 is 5.32 Å². The van der Waals surface area contributed by atoms with E-state index in [2.05, 4.69) is 5.32 Å². The van der Waals surface area contributed by atoms with Crippen LogP contribution >= 0.6 is 0 Å². The molecule has 2 aromatic rings. The Labute approximate surface area is 169 Å². The Bertz CT molecular complexity index is 914. The molecule has 2 fully saturated rings. The first-order valence-corrected chi connectivity index (χ1v) is 10.00. The summed E-state index contributed by atoms with van der Waals surface area (Å²) in [5.74, 6) is -0.213. The number of nitrogens with zero attached hydrogens (tertiary/aromatic N) is 2. The van der Waals surface area contributed by atoms with Crippen LogP contribution in [0.15, 0.2) is 48.5 Å². The number of amides is 1. The van der Waals surface area contributed by atoms with Gasteiger partial charge in [-0.3, -0.25) is 14.9 Å². The first-order chi connectivity index (χ1) is 14.0. The maximum Gasteiger partial charge on any atom is 0.293 e. The van der Waals surface area contributed by atoms with Gasteiger partial charge in [-0.05, 0) is 44.4 Å². The maximum absolute atomic E-state index is 13.3. The summed E-state index contributed by atoms with van der Waals surface area (Å²) in [5.41, 5.74) is 1.75. The number of nitro benzene ring substituents is 1. The number of carbonyl (C=O) groups excluding carboxylic acids is 1. The third-order valence-electron chi connectivity index (χ3n) is 5.61. The summed E-state index contributed by atoms with van der Waals surface area (Å²) in [6.45, 7) is 4.31. The molecule has 2 aliphatic rings. The Hall–Kier alpha value is -2.93. The number of ether oxygens (including phenoxy) is 1. The zero-order chi connectivity index (χ0) is 20.5. The maximum atomic E-state index is 13.3. The van der Waals surface area contributed by atoms with Crippen molar-refractivity contribution in [1.82, 2.24) is 4.90 Å². The van der Waals surface area contributed by atoms with E-state index < -0.39 is 4.92 Å². The Morgan fingerprint density at radius 2 is 1.90 bits per heavy atom. The molecule has 1 aliphatic heterocycles. The van der Waals surface area contributed by atoms with E-state index in [1.807, 2.05) is 44.2 Å². The summed E-state index contributed by atoms with van der Waals surface area (Å²) in [7, 11) is 0. The number of morpholine rings is 1. The topological polar surface area (TPSA) is 84.7 Å². The van der Waals surface area contributed by atoms with E-state index in [9.17, 15) is 14.9 Å². The molecule has 1 N–H and O–H groups in total. The predicted molar refractivity (Wildman–Crippen MR) is 110 cm³/mol. The van der Waals surface area contributed by atoms with Gasteiger partial charge in [-0.15, -0.1) is 0 Å². The molecule has 7 heteroatoms. The van der Waals surface area contributed by atoms with E-state index in [0.717, 1.165) is 18.4 Å². The lowest BCUT2D eigenvalue weighted by Crippen LogP contribution is -2.53. The third kappa shape index (κ3) is 3.96. The highest BCUT2D eigenvalue weighted by atomic mass is 16.6. The molecule has 1 amide bonds. The van der Waals surface area contributed by atoms with E-state index in [4.69, 9.17) is 4.74 Å². The quantitative estimate of drug-likeness (QED) is 0.607. The highest BCUT2D eigenvalue weighted by molar-refractivity contribution is 5.96. The molecule has 0 bridgehead atoms. The van der Waals surface area contributed by atoms with Gasteiger partial charge in [-0.2, -0.15) is 0 Å². The third-order valence-corrected chi connectivity index (χ3v) is 5.61. The predicted octanol–water partition coefficient (Wildman–Crippen LogP) is 4.16. The molecule has 29 heavy (non-hydrogen) atoms. The fraction of sp³-hybridized carbons (Fsp3) is 0.409. The van der Waals surface area contributed by atoms with Crippen LogP contribution in [0.2, 0.25) is 0 Å². The number of hydrogen-bond acceptors (Lipinski definition) is 5. The van der Waals surface area contributed by atoms with E-state index in [0.29, 0.717) is 23.9 Å². The van der Waals surface area contributed by atoms with Crippen LogP contribution in [0, 0.1) is 10.1 Å². The molecule has 1 heterocycles. The lowest BCUT2D eigenvalue weighted by atomic mass is 9.97. The fourth-order valence-electron chi connectivity index (χ4n) is 3.95. The van der Waals surface area contributed by atoms with Crippen molar-refractivity contribution in [3.63, 3.8) is 0 Å². The highest BCUT2D eigenvalue weighted by Gasteiger charge is 2.38.